The number of piperidine rings is 1. The lowest BCUT2D eigenvalue weighted by atomic mass is 10.1. The molecule has 1 aliphatic carbocycles. The van der Waals surface area contributed by atoms with E-state index in [0.29, 0.717) is 29.9 Å². The number of rotatable bonds is 2. The van der Waals surface area contributed by atoms with Gasteiger partial charge in [0.1, 0.15) is 0 Å². The Morgan fingerprint density at radius 2 is 2.20 bits per heavy atom. The van der Waals surface area contributed by atoms with Crippen molar-refractivity contribution in [2.24, 2.45) is 17.6 Å². The van der Waals surface area contributed by atoms with Crippen LogP contribution in [0, 0.1) is 11.8 Å². The fourth-order valence-corrected chi connectivity index (χ4v) is 2.50. The number of hydrogen-bond acceptors (Lipinski definition) is 5. The Morgan fingerprint density at radius 3 is 2.73 bits per heavy atom. The van der Waals surface area contributed by atoms with Crippen molar-refractivity contribution in [2.75, 3.05) is 13.7 Å². The predicted molar refractivity (Wildman–Crippen MR) is 54.3 cm³/mol. The van der Waals surface area contributed by atoms with Gasteiger partial charge < -0.3 is 15.8 Å². The van der Waals surface area contributed by atoms with E-state index in [2.05, 4.69) is 15.3 Å². The summed E-state index contributed by atoms with van der Waals surface area (Å²) in [6.07, 6.45) is 3.63. The van der Waals surface area contributed by atoms with Gasteiger partial charge in [0.2, 0.25) is 0 Å². The lowest BCUT2D eigenvalue weighted by Gasteiger charge is -2.14. The van der Waals surface area contributed by atoms with E-state index in [1.54, 1.807) is 7.11 Å². The molecule has 15 heavy (non-hydrogen) atoms. The molecule has 2 aliphatic rings. The molecule has 1 aliphatic heterocycles. The van der Waals surface area contributed by atoms with Crippen molar-refractivity contribution in [3.8, 4) is 6.01 Å². The summed E-state index contributed by atoms with van der Waals surface area (Å²) in [7, 11) is 1.57. The molecule has 1 saturated carbocycles. The minimum absolute atomic E-state index is 0.330. The van der Waals surface area contributed by atoms with Gasteiger partial charge in [-0.1, -0.05) is 0 Å². The van der Waals surface area contributed by atoms with Crippen LogP contribution in [0.4, 0.5) is 0 Å². The number of aromatic nitrogens is 2. The average Bonchev–Trinajstić information content (AvgIpc) is 2.76. The quantitative estimate of drug-likeness (QED) is 0.695. The summed E-state index contributed by atoms with van der Waals surface area (Å²) in [5.74, 6) is 1.22. The van der Waals surface area contributed by atoms with Crippen LogP contribution in [0.1, 0.15) is 11.6 Å². The standard InChI is InChI=1S/C10H14N4O/c1-15-10-13-2-5(3-14-10)9-7-6(4-12-9)8(7)11/h2-3,6-9,12H,4,11H2,1H3. The molecule has 1 aromatic heterocycles. The van der Waals surface area contributed by atoms with Gasteiger partial charge in [0.05, 0.1) is 7.11 Å². The third-order valence-electron chi connectivity index (χ3n) is 3.44. The molecule has 5 nitrogen and oxygen atoms in total. The summed E-state index contributed by atoms with van der Waals surface area (Å²) >= 11 is 0. The molecule has 2 fully saturated rings. The van der Waals surface area contributed by atoms with Gasteiger partial charge in [0, 0.05) is 36.6 Å². The van der Waals surface area contributed by atoms with Crippen molar-refractivity contribution in [3.05, 3.63) is 18.0 Å². The molecule has 0 spiro atoms. The maximum atomic E-state index is 5.95. The van der Waals surface area contributed by atoms with Crippen LogP contribution in [-0.4, -0.2) is 29.7 Å². The maximum absolute atomic E-state index is 5.95. The number of ether oxygens (including phenoxy) is 1. The number of fused-ring (bicyclic) bond motifs is 1. The van der Waals surface area contributed by atoms with E-state index in [1.807, 2.05) is 12.4 Å². The van der Waals surface area contributed by atoms with Gasteiger partial charge in [0.15, 0.2) is 0 Å². The highest BCUT2D eigenvalue weighted by Gasteiger charge is 2.56. The Morgan fingerprint density at radius 1 is 1.47 bits per heavy atom. The van der Waals surface area contributed by atoms with E-state index in [1.165, 1.54) is 0 Å². The molecule has 0 amide bonds. The Labute approximate surface area is 88.1 Å². The van der Waals surface area contributed by atoms with Crippen LogP contribution in [0.15, 0.2) is 12.4 Å². The number of hydrogen-bond donors (Lipinski definition) is 2. The van der Waals surface area contributed by atoms with E-state index < -0.39 is 0 Å². The largest absolute Gasteiger partial charge is 0.467 e. The summed E-state index contributed by atoms with van der Waals surface area (Å²) in [4.78, 5) is 8.21. The molecule has 4 unspecified atom stereocenters. The van der Waals surface area contributed by atoms with E-state index in [0.717, 1.165) is 12.1 Å². The topological polar surface area (TPSA) is 73.1 Å². The van der Waals surface area contributed by atoms with Crippen molar-refractivity contribution >= 4 is 0 Å². The lowest BCUT2D eigenvalue weighted by Crippen LogP contribution is -2.25. The highest BCUT2D eigenvalue weighted by atomic mass is 16.5. The van der Waals surface area contributed by atoms with Crippen molar-refractivity contribution in [1.29, 1.82) is 0 Å². The normalized spacial score (nSPS) is 37.5. The Bertz CT molecular complexity index is 366. The van der Waals surface area contributed by atoms with E-state index in [9.17, 15) is 0 Å². The molecule has 1 aromatic rings. The van der Waals surface area contributed by atoms with Crippen LogP contribution >= 0.6 is 0 Å². The lowest BCUT2D eigenvalue weighted by molar-refractivity contribution is 0.378. The van der Waals surface area contributed by atoms with Crippen LogP contribution in [0.2, 0.25) is 0 Å². The number of nitrogens with two attached hydrogens (primary N) is 1. The van der Waals surface area contributed by atoms with Crippen molar-refractivity contribution in [1.82, 2.24) is 15.3 Å². The van der Waals surface area contributed by atoms with Gasteiger partial charge in [-0.15, -0.1) is 0 Å². The van der Waals surface area contributed by atoms with E-state index in [4.69, 9.17) is 10.5 Å². The molecular formula is C10H14N4O. The van der Waals surface area contributed by atoms with Crippen LogP contribution < -0.4 is 15.8 Å². The third-order valence-corrected chi connectivity index (χ3v) is 3.44. The summed E-state index contributed by atoms with van der Waals surface area (Å²) < 4.78 is 4.92. The second kappa shape index (κ2) is 3.15. The number of methoxy groups -OCH3 is 1. The molecule has 3 rings (SSSR count). The summed E-state index contributed by atoms with van der Waals surface area (Å²) in [5.41, 5.74) is 7.06. The molecule has 80 valence electrons. The molecule has 5 heteroatoms. The zero-order chi connectivity index (χ0) is 10.4. The van der Waals surface area contributed by atoms with Crippen molar-refractivity contribution < 1.29 is 4.74 Å². The first-order chi connectivity index (χ1) is 7.31. The van der Waals surface area contributed by atoms with Gasteiger partial charge in [-0.25, -0.2) is 9.97 Å². The molecule has 4 atom stereocenters. The van der Waals surface area contributed by atoms with Gasteiger partial charge in [0.25, 0.3) is 0 Å². The van der Waals surface area contributed by atoms with Crippen LogP contribution in [0.25, 0.3) is 0 Å². The molecule has 1 saturated heterocycles. The van der Waals surface area contributed by atoms with Gasteiger partial charge >= 0.3 is 6.01 Å². The Balaban J connectivity index is 1.81. The molecular weight excluding hydrogens is 192 g/mol. The van der Waals surface area contributed by atoms with Gasteiger partial charge in [-0.3, -0.25) is 0 Å². The zero-order valence-corrected chi connectivity index (χ0v) is 8.55. The zero-order valence-electron chi connectivity index (χ0n) is 8.55. The van der Waals surface area contributed by atoms with E-state index >= 15 is 0 Å². The smallest absolute Gasteiger partial charge is 0.316 e. The summed E-state index contributed by atoms with van der Waals surface area (Å²) in [5, 5.41) is 3.44. The monoisotopic (exact) mass is 206 g/mol. The first kappa shape index (κ1) is 9.06. The van der Waals surface area contributed by atoms with Crippen LogP contribution in [-0.2, 0) is 0 Å². The van der Waals surface area contributed by atoms with E-state index in [-0.39, 0.29) is 0 Å². The SMILES string of the molecule is COc1ncc(C2NCC3C(N)C23)cn1. The summed E-state index contributed by atoms with van der Waals surface area (Å²) in [6, 6.07) is 1.10. The number of nitrogens with zero attached hydrogens (tertiary/aromatic N) is 2. The highest BCUT2D eigenvalue weighted by molar-refractivity contribution is 5.24. The fraction of sp³-hybridized carbons (Fsp3) is 0.600. The molecule has 2 heterocycles. The number of nitrogens with one attached hydrogen (secondary N) is 1. The van der Waals surface area contributed by atoms with Gasteiger partial charge in [-0.2, -0.15) is 0 Å². The minimum atomic E-state index is 0.330. The Hall–Kier alpha value is -1.20. The molecule has 0 aromatic carbocycles. The van der Waals surface area contributed by atoms with Gasteiger partial charge in [-0.05, 0) is 11.8 Å². The second-order valence-corrected chi connectivity index (χ2v) is 4.21. The predicted octanol–water partition coefficient (Wildman–Crippen LogP) is -0.297. The molecule has 0 radical (unpaired) electrons. The average molecular weight is 206 g/mol. The van der Waals surface area contributed by atoms with Crippen LogP contribution in [0.3, 0.4) is 0 Å². The molecule has 3 N–H and O–H groups in total. The van der Waals surface area contributed by atoms with Crippen LogP contribution in [0.5, 0.6) is 6.01 Å². The first-order valence-electron chi connectivity index (χ1n) is 5.16. The summed E-state index contributed by atoms with van der Waals surface area (Å²) in [6.45, 7) is 1.02. The minimum Gasteiger partial charge on any atom is -0.467 e. The molecule has 0 bridgehead atoms. The van der Waals surface area contributed by atoms with Crippen molar-refractivity contribution in [3.63, 3.8) is 0 Å². The Kier molecular flexibility index (Phi) is 1.90. The first-order valence-corrected chi connectivity index (χ1v) is 5.16. The third kappa shape index (κ3) is 1.31. The maximum Gasteiger partial charge on any atom is 0.316 e. The van der Waals surface area contributed by atoms with Crippen molar-refractivity contribution in [2.45, 2.75) is 12.1 Å². The second-order valence-electron chi connectivity index (χ2n) is 4.21. The highest BCUT2D eigenvalue weighted by Crippen LogP contribution is 2.50. The fourth-order valence-electron chi connectivity index (χ4n) is 2.50.